The maximum Gasteiger partial charge on any atom is 0.0646 e. The van der Waals surface area contributed by atoms with Crippen molar-refractivity contribution in [1.82, 2.24) is 0 Å². The van der Waals surface area contributed by atoms with Gasteiger partial charge >= 0.3 is 0 Å². The first-order valence-electron chi connectivity index (χ1n) is 7.75. The Morgan fingerprint density at radius 3 is 2.29 bits per heavy atom. The predicted octanol–water partition coefficient (Wildman–Crippen LogP) is 5.15. The van der Waals surface area contributed by atoms with Crippen molar-refractivity contribution in [2.75, 3.05) is 0 Å². The lowest BCUT2D eigenvalue weighted by molar-refractivity contribution is 0.331. The summed E-state index contributed by atoms with van der Waals surface area (Å²) in [6, 6.07) is 11.1. The fraction of sp³-hybridized carbons (Fsp3) is 0.474. The molecular weight excluding hydrogens is 274 g/mol. The molecule has 1 atom stereocenters. The van der Waals surface area contributed by atoms with Crippen molar-refractivity contribution >= 4 is 11.3 Å². The summed E-state index contributed by atoms with van der Waals surface area (Å²) in [4.78, 5) is 1.24. The highest BCUT2D eigenvalue weighted by Gasteiger charge is 2.37. The molecule has 0 bridgehead atoms. The monoisotopic (exact) mass is 299 g/mol. The molecule has 1 aliphatic carbocycles. The van der Waals surface area contributed by atoms with Crippen molar-refractivity contribution in [3.05, 3.63) is 57.3 Å². The van der Waals surface area contributed by atoms with Crippen LogP contribution in [0, 0.1) is 0 Å². The summed E-state index contributed by atoms with van der Waals surface area (Å²) in [6.07, 6.45) is 2.49. The third-order valence-electron chi connectivity index (χ3n) is 5.09. The van der Waals surface area contributed by atoms with Crippen LogP contribution in [0.3, 0.4) is 0 Å². The molecule has 3 rings (SSSR count). The van der Waals surface area contributed by atoms with Gasteiger partial charge in [0.1, 0.15) is 0 Å². The van der Waals surface area contributed by atoms with Gasteiger partial charge in [-0.05, 0) is 51.8 Å². The molecule has 1 aromatic heterocycles. The Morgan fingerprint density at radius 2 is 1.67 bits per heavy atom. The highest BCUT2D eigenvalue weighted by Crippen LogP contribution is 2.46. The predicted molar refractivity (Wildman–Crippen MR) is 92.1 cm³/mol. The van der Waals surface area contributed by atoms with E-state index < -0.39 is 0 Å². The van der Waals surface area contributed by atoms with Crippen molar-refractivity contribution in [1.29, 1.82) is 0 Å². The van der Waals surface area contributed by atoms with Crippen molar-refractivity contribution in [3.63, 3.8) is 0 Å². The van der Waals surface area contributed by atoms with E-state index in [0.29, 0.717) is 0 Å². The minimum atomic E-state index is -0.00358. The van der Waals surface area contributed by atoms with E-state index in [1.807, 2.05) is 0 Å². The Morgan fingerprint density at radius 1 is 1.00 bits per heavy atom. The highest BCUT2D eigenvalue weighted by molar-refractivity contribution is 7.10. The van der Waals surface area contributed by atoms with E-state index in [-0.39, 0.29) is 16.9 Å². The summed E-state index contributed by atoms with van der Waals surface area (Å²) in [5.41, 5.74) is 11.2. The van der Waals surface area contributed by atoms with Crippen LogP contribution in [0.15, 0.2) is 35.7 Å². The minimum absolute atomic E-state index is 0.00358. The summed E-state index contributed by atoms with van der Waals surface area (Å²) in [5.74, 6) is 0. The summed E-state index contributed by atoms with van der Waals surface area (Å²) < 4.78 is 0. The zero-order chi connectivity index (χ0) is 15.3. The van der Waals surface area contributed by atoms with Crippen LogP contribution >= 0.6 is 11.3 Å². The van der Waals surface area contributed by atoms with Gasteiger partial charge in [-0.2, -0.15) is 0 Å². The molecule has 0 spiro atoms. The number of hydrogen-bond acceptors (Lipinski definition) is 2. The Bertz CT molecular complexity index is 638. The van der Waals surface area contributed by atoms with E-state index in [2.05, 4.69) is 63.4 Å². The van der Waals surface area contributed by atoms with Crippen LogP contribution in [0.25, 0.3) is 0 Å². The number of nitrogens with two attached hydrogens (primary N) is 1. The Hall–Kier alpha value is -1.12. The van der Waals surface area contributed by atoms with Crippen LogP contribution in [0.1, 0.15) is 68.1 Å². The number of benzene rings is 1. The minimum Gasteiger partial charge on any atom is -0.320 e. The first-order valence-corrected chi connectivity index (χ1v) is 8.63. The molecule has 2 aromatic rings. The fourth-order valence-corrected chi connectivity index (χ4v) is 4.19. The smallest absolute Gasteiger partial charge is 0.0646 e. The van der Waals surface area contributed by atoms with Gasteiger partial charge in [-0.25, -0.2) is 0 Å². The van der Waals surface area contributed by atoms with Crippen LogP contribution in [0.2, 0.25) is 0 Å². The van der Waals surface area contributed by atoms with E-state index in [0.717, 1.165) is 0 Å². The van der Waals surface area contributed by atoms with Crippen LogP contribution in [0.4, 0.5) is 0 Å². The molecule has 2 N–H and O–H groups in total. The van der Waals surface area contributed by atoms with Gasteiger partial charge in [0.2, 0.25) is 0 Å². The third-order valence-corrected chi connectivity index (χ3v) is 6.04. The van der Waals surface area contributed by atoms with Crippen LogP contribution in [-0.2, 0) is 10.8 Å². The SMILES string of the molecule is CC1(C)CCC(C)(C)c2cc(C(N)c3cccs3)ccc21. The van der Waals surface area contributed by atoms with E-state index in [1.165, 1.54) is 34.4 Å². The molecule has 1 nitrogen and oxygen atoms in total. The topological polar surface area (TPSA) is 26.0 Å². The van der Waals surface area contributed by atoms with E-state index in [4.69, 9.17) is 5.73 Å². The lowest BCUT2D eigenvalue weighted by atomic mass is 9.63. The molecular formula is C19H25NS. The molecule has 1 aliphatic rings. The van der Waals surface area contributed by atoms with Crippen LogP contribution in [-0.4, -0.2) is 0 Å². The number of hydrogen-bond donors (Lipinski definition) is 1. The van der Waals surface area contributed by atoms with E-state index in [9.17, 15) is 0 Å². The molecule has 1 unspecified atom stereocenters. The van der Waals surface area contributed by atoms with E-state index >= 15 is 0 Å². The molecule has 112 valence electrons. The molecule has 0 fully saturated rings. The van der Waals surface area contributed by atoms with Crippen LogP contribution < -0.4 is 5.73 Å². The molecule has 21 heavy (non-hydrogen) atoms. The van der Waals surface area contributed by atoms with Gasteiger partial charge in [0.05, 0.1) is 6.04 Å². The van der Waals surface area contributed by atoms with Gasteiger partial charge in [-0.3, -0.25) is 0 Å². The molecule has 0 radical (unpaired) electrons. The second-order valence-corrected chi connectivity index (χ2v) is 8.55. The van der Waals surface area contributed by atoms with Gasteiger partial charge in [-0.1, -0.05) is 52.0 Å². The lowest BCUT2D eigenvalue weighted by Gasteiger charge is -2.42. The summed E-state index contributed by atoms with van der Waals surface area (Å²) in [7, 11) is 0. The first kappa shape index (κ1) is 14.8. The van der Waals surface area contributed by atoms with Crippen molar-refractivity contribution < 1.29 is 0 Å². The second-order valence-electron chi connectivity index (χ2n) is 7.57. The van der Waals surface area contributed by atoms with Gasteiger partial charge < -0.3 is 5.73 Å². The summed E-state index contributed by atoms with van der Waals surface area (Å²) in [6.45, 7) is 9.45. The third kappa shape index (κ3) is 2.56. The standard InChI is InChI=1S/C19H25NS/c1-18(2)9-10-19(3,4)15-12-13(7-8-14(15)18)17(20)16-6-5-11-21-16/h5-8,11-12,17H,9-10,20H2,1-4H3. The number of thiophene rings is 1. The maximum atomic E-state index is 6.46. The summed E-state index contributed by atoms with van der Waals surface area (Å²) >= 11 is 1.74. The number of rotatable bonds is 2. The fourth-order valence-electron chi connectivity index (χ4n) is 3.43. The molecule has 2 heteroatoms. The molecule has 0 saturated carbocycles. The zero-order valence-electron chi connectivity index (χ0n) is 13.4. The molecule has 0 amide bonds. The quantitative estimate of drug-likeness (QED) is 0.816. The molecule has 0 aliphatic heterocycles. The van der Waals surface area contributed by atoms with Gasteiger partial charge in [-0.15, -0.1) is 11.3 Å². The van der Waals surface area contributed by atoms with Crippen LogP contribution in [0.5, 0.6) is 0 Å². The zero-order valence-corrected chi connectivity index (χ0v) is 14.3. The highest BCUT2D eigenvalue weighted by atomic mass is 32.1. The van der Waals surface area contributed by atoms with E-state index in [1.54, 1.807) is 11.3 Å². The Balaban J connectivity index is 2.08. The largest absolute Gasteiger partial charge is 0.320 e. The maximum absolute atomic E-state index is 6.46. The molecule has 0 saturated heterocycles. The van der Waals surface area contributed by atoms with Crippen molar-refractivity contribution in [2.24, 2.45) is 5.73 Å². The average Bonchev–Trinajstić information content (AvgIpc) is 2.97. The average molecular weight is 299 g/mol. The number of fused-ring (bicyclic) bond motifs is 1. The van der Waals surface area contributed by atoms with Crippen molar-refractivity contribution in [3.8, 4) is 0 Å². The normalized spacial score (nSPS) is 20.8. The second kappa shape index (κ2) is 4.96. The first-order chi connectivity index (χ1) is 9.81. The Kier molecular flexibility index (Phi) is 3.50. The van der Waals surface area contributed by atoms with Gasteiger partial charge in [0, 0.05) is 4.88 Å². The lowest BCUT2D eigenvalue weighted by Crippen LogP contribution is -2.34. The molecule has 1 heterocycles. The van der Waals surface area contributed by atoms with Crippen molar-refractivity contribution in [2.45, 2.75) is 57.4 Å². The van der Waals surface area contributed by atoms with Gasteiger partial charge in [0.25, 0.3) is 0 Å². The molecule has 1 aromatic carbocycles. The summed E-state index contributed by atoms with van der Waals surface area (Å²) in [5, 5.41) is 2.10. The van der Waals surface area contributed by atoms with Gasteiger partial charge in [0.15, 0.2) is 0 Å². The Labute approximate surface area is 132 Å².